The van der Waals surface area contributed by atoms with Gasteiger partial charge in [0.1, 0.15) is 17.2 Å². The number of thioether (sulfide) groups is 1. The Bertz CT molecular complexity index is 898. The summed E-state index contributed by atoms with van der Waals surface area (Å²) in [5, 5.41) is -0.369. The monoisotopic (exact) mass is 400 g/mol. The molecule has 1 aromatic carbocycles. The van der Waals surface area contributed by atoms with Gasteiger partial charge in [-0.1, -0.05) is 18.2 Å². The Hall–Kier alpha value is -2.74. The van der Waals surface area contributed by atoms with Crippen molar-refractivity contribution in [3.63, 3.8) is 0 Å². The molecule has 2 atom stereocenters. The third-order valence-electron chi connectivity index (χ3n) is 4.95. The van der Waals surface area contributed by atoms with Crippen LogP contribution >= 0.6 is 11.8 Å². The Kier molecular flexibility index (Phi) is 5.13. The van der Waals surface area contributed by atoms with E-state index < -0.39 is 12.0 Å². The van der Waals surface area contributed by atoms with Crippen LogP contribution in [0.4, 0.5) is 5.69 Å². The Morgan fingerprint density at radius 2 is 2.04 bits per heavy atom. The van der Waals surface area contributed by atoms with Crippen LogP contribution in [0.15, 0.2) is 47.1 Å². The fourth-order valence-electron chi connectivity index (χ4n) is 3.63. The summed E-state index contributed by atoms with van der Waals surface area (Å²) in [6, 6.07) is 10.5. The average molecular weight is 400 g/mol. The molecule has 0 N–H and O–H groups in total. The molecule has 8 heteroatoms. The smallest absolute Gasteiger partial charge is 0.330 e. The van der Waals surface area contributed by atoms with Crippen molar-refractivity contribution in [2.75, 3.05) is 23.8 Å². The summed E-state index contributed by atoms with van der Waals surface area (Å²) < 4.78 is 10.7. The number of rotatable bonds is 4. The molecule has 0 unspecified atom stereocenters. The van der Waals surface area contributed by atoms with Gasteiger partial charge in [0.25, 0.3) is 5.91 Å². The predicted octanol–water partition coefficient (Wildman–Crippen LogP) is 2.37. The van der Waals surface area contributed by atoms with Gasteiger partial charge in [-0.05, 0) is 30.2 Å². The summed E-state index contributed by atoms with van der Waals surface area (Å²) in [5.41, 5.74) is 1.97. The highest BCUT2D eigenvalue weighted by atomic mass is 32.2. The number of hydrogen-bond donors (Lipinski definition) is 0. The molecule has 2 aliphatic rings. The second kappa shape index (κ2) is 7.71. The number of para-hydroxylation sites is 1. The minimum Gasteiger partial charge on any atom is -0.466 e. The van der Waals surface area contributed by atoms with E-state index in [0.717, 1.165) is 17.7 Å². The van der Waals surface area contributed by atoms with Gasteiger partial charge in [-0.3, -0.25) is 9.59 Å². The number of ether oxygens (including phenoxy) is 1. The van der Waals surface area contributed by atoms with E-state index in [0.29, 0.717) is 18.1 Å². The van der Waals surface area contributed by atoms with E-state index >= 15 is 0 Å². The Morgan fingerprint density at radius 3 is 2.79 bits per heavy atom. The highest BCUT2D eigenvalue weighted by Crippen LogP contribution is 2.41. The number of hydrogen-bond acceptors (Lipinski definition) is 6. The maximum atomic E-state index is 12.6. The molecular weight excluding hydrogens is 380 g/mol. The quantitative estimate of drug-likeness (QED) is 0.733. The van der Waals surface area contributed by atoms with E-state index in [1.807, 2.05) is 24.3 Å². The zero-order valence-electron chi connectivity index (χ0n) is 15.4. The molecule has 2 amide bonds. The Balaban J connectivity index is 1.40. The summed E-state index contributed by atoms with van der Waals surface area (Å²) in [7, 11) is 0. The molecule has 0 bridgehead atoms. The fraction of sp³-hybridized carbons (Fsp3) is 0.350. The SMILES string of the molecule is CC(=O)N1[C@@H](C(=O)OCC(=O)N2CCc3ccccc32)CS[C@@H]1c1ccco1. The first-order valence-electron chi connectivity index (χ1n) is 9.05. The van der Waals surface area contributed by atoms with Gasteiger partial charge in [0.05, 0.1) is 6.26 Å². The fourth-order valence-corrected chi connectivity index (χ4v) is 5.04. The number of amides is 2. The first kappa shape index (κ1) is 18.6. The molecule has 1 saturated heterocycles. The average Bonchev–Trinajstić information content (AvgIpc) is 3.43. The number of nitrogens with zero attached hydrogens (tertiary/aromatic N) is 2. The summed E-state index contributed by atoms with van der Waals surface area (Å²) in [6.45, 7) is 1.65. The Morgan fingerprint density at radius 1 is 1.21 bits per heavy atom. The maximum Gasteiger partial charge on any atom is 0.330 e. The third kappa shape index (κ3) is 3.40. The molecule has 7 nitrogen and oxygen atoms in total. The van der Waals surface area contributed by atoms with Gasteiger partial charge in [0.15, 0.2) is 6.61 Å². The van der Waals surface area contributed by atoms with Gasteiger partial charge >= 0.3 is 5.97 Å². The van der Waals surface area contributed by atoms with Crippen LogP contribution in [-0.2, 0) is 25.5 Å². The first-order valence-corrected chi connectivity index (χ1v) is 10.1. The second-order valence-electron chi connectivity index (χ2n) is 6.67. The van der Waals surface area contributed by atoms with Gasteiger partial charge in [-0.25, -0.2) is 4.79 Å². The van der Waals surface area contributed by atoms with Gasteiger partial charge in [-0.2, -0.15) is 0 Å². The molecule has 3 heterocycles. The lowest BCUT2D eigenvalue weighted by molar-refractivity contribution is -0.155. The maximum absolute atomic E-state index is 12.6. The molecule has 2 aliphatic heterocycles. The van der Waals surface area contributed by atoms with E-state index in [2.05, 4.69) is 0 Å². The molecule has 0 radical (unpaired) electrons. The van der Waals surface area contributed by atoms with E-state index in [1.165, 1.54) is 29.8 Å². The molecule has 1 fully saturated rings. The minimum absolute atomic E-state index is 0.242. The number of fused-ring (bicyclic) bond motifs is 1. The van der Waals surface area contributed by atoms with E-state index in [1.54, 1.807) is 17.0 Å². The van der Waals surface area contributed by atoms with Crippen LogP contribution in [-0.4, -0.2) is 47.6 Å². The van der Waals surface area contributed by atoms with Gasteiger partial charge in [0.2, 0.25) is 5.91 Å². The number of esters is 1. The molecule has 0 aliphatic carbocycles. The second-order valence-corrected chi connectivity index (χ2v) is 7.79. The van der Waals surface area contributed by atoms with Crippen LogP contribution in [0.1, 0.15) is 23.6 Å². The molecule has 4 rings (SSSR count). The van der Waals surface area contributed by atoms with E-state index in [9.17, 15) is 14.4 Å². The summed E-state index contributed by atoms with van der Waals surface area (Å²) in [6.07, 6.45) is 2.32. The molecule has 28 heavy (non-hydrogen) atoms. The van der Waals surface area contributed by atoms with Crippen LogP contribution in [0.5, 0.6) is 0 Å². The van der Waals surface area contributed by atoms with Crippen molar-refractivity contribution in [2.24, 2.45) is 0 Å². The lowest BCUT2D eigenvalue weighted by Gasteiger charge is -2.26. The molecule has 0 saturated carbocycles. The van der Waals surface area contributed by atoms with Crippen molar-refractivity contribution < 1.29 is 23.5 Å². The molecule has 146 valence electrons. The van der Waals surface area contributed by atoms with Crippen molar-refractivity contribution in [1.82, 2.24) is 4.90 Å². The summed E-state index contributed by atoms with van der Waals surface area (Å²) in [4.78, 5) is 40.4. The number of carbonyl (C=O) groups is 3. The van der Waals surface area contributed by atoms with Crippen molar-refractivity contribution in [1.29, 1.82) is 0 Å². The van der Waals surface area contributed by atoms with Gasteiger partial charge in [0, 0.05) is 24.9 Å². The van der Waals surface area contributed by atoms with Crippen LogP contribution < -0.4 is 4.90 Å². The number of furan rings is 1. The standard InChI is InChI=1S/C20H20N2O5S/c1-13(23)22-16(12-28-19(22)17-7-4-10-26-17)20(25)27-11-18(24)21-9-8-14-5-2-3-6-15(14)21/h2-7,10,16,19H,8-9,11-12H2,1H3/t16-,19-/m1/s1. The molecule has 0 spiro atoms. The van der Waals surface area contributed by atoms with Crippen molar-refractivity contribution in [3.05, 3.63) is 54.0 Å². The highest BCUT2D eigenvalue weighted by Gasteiger charge is 2.43. The summed E-state index contributed by atoms with van der Waals surface area (Å²) in [5.74, 6) is -0.0725. The summed E-state index contributed by atoms with van der Waals surface area (Å²) >= 11 is 1.44. The molecular formula is C20H20N2O5S. The molecule has 2 aromatic rings. The Labute approximate surface area is 166 Å². The van der Waals surface area contributed by atoms with Crippen LogP contribution in [0.25, 0.3) is 0 Å². The topological polar surface area (TPSA) is 80.1 Å². The predicted molar refractivity (Wildman–Crippen MR) is 104 cm³/mol. The highest BCUT2D eigenvalue weighted by molar-refractivity contribution is 7.99. The van der Waals surface area contributed by atoms with Crippen molar-refractivity contribution in [2.45, 2.75) is 24.8 Å². The number of benzene rings is 1. The lowest BCUT2D eigenvalue weighted by atomic mass is 10.2. The zero-order valence-corrected chi connectivity index (χ0v) is 16.2. The van der Waals surface area contributed by atoms with Crippen LogP contribution in [0, 0.1) is 0 Å². The van der Waals surface area contributed by atoms with Gasteiger partial charge in [-0.15, -0.1) is 11.8 Å². The third-order valence-corrected chi connectivity index (χ3v) is 6.23. The van der Waals surface area contributed by atoms with Crippen molar-refractivity contribution >= 4 is 35.2 Å². The normalized spacial score (nSPS) is 20.9. The lowest BCUT2D eigenvalue weighted by Crippen LogP contribution is -2.44. The zero-order chi connectivity index (χ0) is 19.7. The van der Waals surface area contributed by atoms with Gasteiger partial charge < -0.3 is 19.0 Å². The molecule has 1 aromatic heterocycles. The minimum atomic E-state index is -0.740. The van der Waals surface area contributed by atoms with E-state index in [4.69, 9.17) is 9.15 Å². The first-order chi connectivity index (χ1) is 13.6. The largest absolute Gasteiger partial charge is 0.466 e. The van der Waals surface area contributed by atoms with Crippen LogP contribution in [0.2, 0.25) is 0 Å². The van der Waals surface area contributed by atoms with Crippen molar-refractivity contribution in [3.8, 4) is 0 Å². The number of carbonyl (C=O) groups excluding carboxylic acids is 3. The van der Waals surface area contributed by atoms with Crippen LogP contribution in [0.3, 0.4) is 0 Å². The number of anilines is 1. The van der Waals surface area contributed by atoms with E-state index in [-0.39, 0.29) is 23.8 Å².